The van der Waals surface area contributed by atoms with Gasteiger partial charge in [-0.1, -0.05) is 38.4 Å². The first-order chi connectivity index (χ1) is 9.67. The minimum Gasteiger partial charge on any atom is -0.492 e. The molecule has 116 valence electrons. The molecule has 0 amide bonds. The van der Waals surface area contributed by atoms with E-state index in [4.69, 9.17) is 16.3 Å². The van der Waals surface area contributed by atoms with Crippen LogP contribution >= 0.6 is 11.6 Å². The minimum absolute atomic E-state index is 0.683. The van der Waals surface area contributed by atoms with Crippen LogP contribution in [0.15, 0.2) is 18.2 Å². The van der Waals surface area contributed by atoms with Gasteiger partial charge in [-0.2, -0.15) is 0 Å². The molecule has 4 heteroatoms. The summed E-state index contributed by atoms with van der Waals surface area (Å²) in [4.78, 5) is 2.23. The Balaban J connectivity index is 0.00000172. The Hall–Kier alpha value is -0.770. The summed E-state index contributed by atoms with van der Waals surface area (Å²) in [6.07, 6.45) is 0.950. The van der Waals surface area contributed by atoms with Gasteiger partial charge >= 0.3 is 0 Å². The largest absolute Gasteiger partial charge is 0.492 e. The van der Waals surface area contributed by atoms with Gasteiger partial charge in [0.05, 0.1) is 0 Å². The summed E-state index contributed by atoms with van der Waals surface area (Å²) in [6.45, 7) is 9.71. The van der Waals surface area contributed by atoms with Crippen LogP contribution in [0.5, 0.6) is 5.75 Å². The molecule has 0 spiro atoms. The quantitative estimate of drug-likeness (QED) is 0.796. The third-order valence-corrected chi connectivity index (χ3v) is 3.24. The summed E-state index contributed by atoms with van der Waals surface area (Å²) < 4.78 is 5.69. The maximum Gasteiger partial charge on any atom is 0.120 e. The summed E-state index contributed by atoms with van der Waals surface area (Å²) in [7, 11) is 4.05. The lowest BCUT2D eigenvalue weighted by atomic mass is 10.2. The van der Waals surface area contributed by atoms with Crippen LogP contribution in [-0.4, -0.2) is 45.2 Å². The molecule has 1 aromatic rings. The van der Waals surface area contributed by atoms with Gasteiger partial charge in [0.1, 0.15) is 12.4 Å². The second-order valence-electron chi connectivity index (χ2n) is 4.36. The van der Waals surface area contributed by atoms with Crippen LogP contribution < -0.4 is 10.1 Å². The Morgan fingerprint density at radius 2 is 1.95 bits per heavy atom. The molecule has 0 fully saturated rings. The van der Waals surface area contributed by atoms with Gasteiger partial charge in [-0.15, -0.1) is 0 Å². The van der Waals surface area contributed by atoms with Crippen molar-refractivity contribution in [1.29, 1.82) is 0 Å². The number of hydrogen-bond acceptors (Lipinski definition) is 3. The summed E-state index contributed by atoms with van der Waals surface area (Å²) in [5, 5.41) is 3.92. The van der Waals surface area contributed by atoms with Crippen LogP contribution in [0.25, 0.3) is 0 Å². The predicted molar refractivity (Wildman–Crippen MR) is 89.1 cm³/mol. The highest BCUT2D eigenvalue weighted by Gasteiger charge is 2.02. The van der Waals surface area contributed by atoms with E-state index in [1.54, 1.807) is 0 Å². The lowest BCUT2D eigenvalue weighted by Crippen LogP contribution is -2.30. The fourth-order valence-corrected chi connectivity index (χ4v) is 1.94. The van der Waals surface area contributed by atoms with Crippen LogP contribution in [0.1, 0.15) is 26.3 Å². The third kappa shape index (κ3) is 7.73. The number of hydrogen-bond donors (Lipinski definition) is 1. The van der Waals surface area contributed by atoms with E-state index in [2.05, 4.69) is 24.2 Å². The fourth-order valence-electron chi connectivity index (χ4n) is 1.64. The van der Waals surface area contributed by atoms with Crippen molar-refractivity contribution >= 4 is 11.6 Å². The van der Waals surface area contributed by atoms with Gasteiger partial charge in [0.15, 0.2) is 0 Å². The van der Waals surface area contributed by atoms with Crippen LogP contribution in [-0.2, 0) is 6.42 Å². The number of likely N-dealkylation sites (N-methyl/N-ethyl adjacent to an activating group) is 2. The molecule has 0 saturated heterocycles. The molecule has 1 N–H and O–H groups in total. The molecule has 0 saturated carbocycles. The van der Waals surface area contributed by atoms with Gasteiger partial charge in [-0.25, -0.2) is 0 Å². The Labute approximate surface area is 129 Å². The van der Waals surface area contributed by atoms with E-state index in [-0.39, 0.29) is 0 Å². The molecule has 0 bridgehead atoms. The normalized spacial score (nSPS) is 10.2. The van der Waals surface area contributed by atoms with Crippen molar-refractivity contribution < 1.29 is 4.74 Å². The minimum atomic E-state index is 0.683. The van der Waals surface area contributed by atoms with Gasteiger partial charge in [0, 0.05) is 24.7 Å². The topological polar surface area (TPSA) is 24.5 Å². The van der Waals surface area contributed by atoms with Crippen LogP contribution in [0.4, 0.5) is 0 Å². The van der Waals surface area contributed by atoms with Gasteiger partial charge in [-0.3, -0.25) is 0 Å². The van der Waals surface area contributed by atoms with E-state index in [1.165, 1.54) is 0 Å². The van der Waals surface area contributed by atoms with Gasteiger partial charge in [0.2, 0.25) is 0 Å². The molecule has 0 aliphatic rings. The second kappa shape index (κ2) is 12.0. The molecule has 3 nitrogen and oxygen atoms in total. The van der Waals surface area contributed by atoms with Crippen molar-refractivity contribution in [2.75, 3.05) is 40.3 Å². The number of aryl methyl sites for hydroxylation is 1. The van der Waals surface area contributed by atoms with Crippen LogP contribution in [0.2, 0.25) is 5.02 Å². The molecular formula is C16H29ClN2O. The van der Waals surface area contributed by atoms with Crippen molar-refractivity contribution in [2.24, 2.45) is 0 Å². The average Bonchev–Trinajstić information content (AvgIpc) is 2.47. The SMILES string of the molecule is CC.CCc1ccc(OCCN(C)CCNC)cc1Cl. The van der Waals surface area contributed by atoms with Crippen molar-refractivity contribution in [1.82, 2.24) is 10.2 Å². The lowest BCUT2D eigenvalue weighted by Gasteiger charge is -2.16. The third-order valence-electron chi connectivity index (χ3n) is 2.89. The first kappa shape index (κ1) is 19.2. The molecule has 0 aliphatic carbocycles. The summed E-state index contributed by atoms with van der Waals surface area (Å²) >= 11 is 6.14. The van der Waals surface area contributed by atoms with E-state index >= 15 is 0 Å². The zero-order valence-corrected chi connectivity index (χ0v) is 14.3. The molecular weight excluding hydrogens is 272 g/mol. The molecule has 20 heavy (non-hydrogen) atoms. The Morgan fingerprint density at radius 1 is 1.25 bits per heavy atom. The number of ether oxygens (including phenoxy) is 1. The number of benzene rings is 1. The first-order valence-electron chi connectivity index (χ1n) is 7.41. The fraction of sp³-hybridized carbons (Fsp3) is 0.625. The standard InChI is InChI=1S/C14H23ClN2O.C2H6/c1-4-12-5-6-13(11-14(12)15)18-10-9-17(3)8-7-16-2;1-2/h5-6,11,16H,4,7-10H2,1-3H3;1-2H3. The number of halogens is 1. The van der Waals surface area contributed by atoms with Gasteiger partial charge in [-0.05, 0) is 38.2 Å². The maximum atomic E-state index is 6.14. The molecule has 1 rings (SSSR count). The Kier molecular flexibility index (Phi) is 11.5. The van der Waals surface area contributed by atoms with Crippen molar-refractivity contribution in [3.8, 4) is 5.75 Å². The maximum absolute atomic E-state index is 6.14. The summed E-state index contributed by atoms with van der Waals surface area (Å²) in [6, 6.07) is 5.91. The molecule has 0 aromatic heterocycles. The number of nitrogens with one attached hydrogen (secondary N) is 1. The number of rotatable bonds is 8. The smallest absolute Gasteiger partial charge is 0.120 e. The van der Waals surface area contributed by atoms with E-state index < -0.39 is 0 Å². The van der Waals surface area contributed by atoms with Crippen molar-refractivity contribution in [2.45, 2.75) is 27.2 Å². The lowest BCUT2D eigenvalue weighted by molar-refractivity contribution is 0.238. The molecule has 0 radical (unpaired) electrons. The second-order valence-corrected chi connectivity index (χ2v) is 4.77. The highest BCUT2D eigenvalue weighted by Crippen LogP contribution is 2.22. The summed E-state index contributed by atoms with van der Waals surface area (Å²) in [5.74, 6) is 0.846. The Bertz CT molecular complexity index is 358. The van der Waals surface area contributed by atoms with Gasteiger partial charge in [0.25, 0.3) is 0 Å². The van der Waals surface area contributed by atoms with E-state index in [1.807, 2.05) is 39.1 Å². The molecule has 0 aliphatic heterocycles. The van der Waals surface area contributed by atoms with E-state index in [0.717, 1.165) is 42.4 Å². The van der Waals surface area contributed by atoms with Crippen LogP contribution in [0, 0.1) is 0 Å². The average molecular weight is 301 g/mol. The highest BCUT2D eigenvalue weighted by molar-refractivity contribution is 6.31. The highest BCUT2D eigenvalue weighted by atomic mass is 35.5. The zero-order valence-electron chi connectivity index (χ0n) is 13.5. The van der Waals surface area contributed by atoms with E-state index in [9.17, 15) is 0 Å². The number of nitrogens with zero attached hydrogens (tertiary/aromatic N) is 1. The molecule has 0 heterocycles. The van der Waals surface area contributed by atoms with Crippen molar-refractivity contribution in [3.63, 3.8) is 0 Å². The van der Waals surface area contributed by atoms with Crippen molar-refractivity contribution in [3.05, 3.63) is 28.8 Å². The Morgan fingerprint density at radius 3 is 2.50 bits per heavy atom. The zero-order chi connectivity index (χ0) is 15.4. The molecule has 0 atom stereocenters. The van der Waals surface area contributed by atoms with E-state index in [0.29, 0.717) is 6.61 Å². The first-order valence-corrected chi connectivity index (χ1v) is 7.79. The predicted octanol–water partition coefficient (Wildman–Crippen LogP) is 3.46. The molecule has 1 aromatic carbocycles. The summed E-state index contributed by atoms with van der Waals surface area (Å²) in [5.41, 5.74) is 1.16. The van der Waals surface area contributed by atoms with Crippen LogP contribution in [0.3, 0.4) is 0 Å². The molecule has 0 unspecified atom stereocenters. The monoisotopic (exact) mass is 300 g/mol. The van der Waals surface area contributed by atoms with Gasteiger partial charge < -0.3 is 15.0 Å².